The van der Waals surface area contributed by atoms with Crippen molar-refractivity contribution in [1.82, 2.24) is 15.0 Å². The van der Waals surface area contributed by atoms with E-state index in [4.69, 9.17) is 16.6 Å². The number of benzene rings is 4. The summed E-state index contributed by atoms with van der Waals surface area (Å²) in [6, 6.07) is 25.8. The Labute approximate surface area is 212 Å². The molecule has 2 heterocycles. The zero-order valence-electron chi connectivity index (χ0n) is 19.3. The molecule has 2 aromatic heterocycles. The predicted molar refractivity (Wildman–Crippen MR) is 143 cm³/mol. The van der Waals surface area contributed by atoms with Crippen LogP contribution < -0.4 is 0 Å². The first-order valence-corrected chi connectivity index (χ1v) is 11.8. The van der Waals surface area contributed by atoms with Crippen LogP contribution >= 0.6 is 11.6 Å². The van der Waals surface area contributed by atoms with Crippen LogP contribution in [0.25, 0.3) is 44.0 Å². The zero-order valence-corrected chi connectivity index (χ0v) is 20.1. The number of rotatable bonds is 3. The van der Waals surface area contributed by atoms with Gasteiger partial charge >= 0.3 is 0 Å². The van der Waals surface area contributed by atoms with E-state index in [9.17, 15) is 10.5 Å². The summed E-state index contributed by atoms with van der Waals surface area (Å²) in [6.45, 7) is 1.98. The molecule has 6 heteroatoms. The lowest BCUT2D eigenvalue weighted by atomic mass is 9.96. The van der Waals surface area contributed by atoms with Crippen LogP contribution in [0.4, 0.5) is 0 Å². The maximum Gasteiger partial charge on any atom is 0.141 e. The van der Waals surface area contributed by atoms with Crippen molar-refractivity contribution in [3.8, 4) is 23.5 Å². The highest BCUT2D eigenvalue weighted by atomic mass is 35.5. The Morgan fingerprint density at radius 1 is 0.833 bits per heavy atom. The molecule has 4 aromatic carbocycles. The highest BCUT2D eigenvalue weighted by Crippen LogP contribution is 2.38. The van der Waals surface area contributed by atoms with Gasteiger partial charge in [-0.2, -0.15) is 10.5 Å². The minimum absolute atomic E-state index is 0.402. The number of aromatic nitrogens is 3. The number of H-pyrrole nitrogens is 1. The zero-order chi connectivity index (χ0) is 24.8. The molecular weight excluding hydrogens is 466 g/mol. The van der Waals surface area contributed by atoms with Gasteiger partial charge in [0.2, 0.25) is 0 Å². The van der Waals surface area contributed by atoms with E-state index in [2.05, 4.69) is 46.4 Å². The van der Waals surface area contributed by atoms with Crippen molar-refractivity contribution in [2.45, 2.75) is 13.3 Å². The van der Waals surface area contributed by atoms with E-state index in [1.165, 1.54) is 0 Å². The standard InChI is InChI=1S/C30H18ClN5/c1-17-5-6-19(16-34-17)11-18-7-9-23-25(12-18)26-13-22(31)8-10-24(26)29-28(23)35-30(36-29)27-20(14-32)3-2-4-21(27)15-33/h2-10,12-13,16H,11H2,1H3,(H,35,36). The second-order valence-corrected chi connectivity index (χ2v) is 9.25. The molecule has 5 nitrogen and oxygen atoms in total. The molecule has 6 aromatic rings. The van der Waals surface area contributed by atoms with Gasteiger partial charge in [-0.1, -0.05) is 48.0 Å². The van der Waals surface area contributed by atoms with E-state index in [1.807, 2.05) is 37.4 Å². The van der Waals surface area contributed by atoms with Crippen molar-refractivity contribution in [2.24, 2.45) is 0 Å². The number of fused-ring (bicyclic) bond motifs is 6. The van der Waals surface area contributed by atoms with Crippen molar-refractivity contribution in [3.05, 3.63) is 106 Å². The minimum atomic E-state index is 0.402. The first-order valence-electron chi connectivity index (χ1n) is 11.4. The lowest BCUT2D eigenvalue weighted by Gasteiger charge is -2.09. The van der Waals surface area contributed by atoms with E-state index >= 15 is 0 Å². The Morgan fingerprint density at radius 3 is 2.28 bits per heavy atom. The SMILES string of the molecule is Cc1ccc(Cc2ccc3c(c2)c2cc(Cl)ccc2c2nc(-c4c(C#N)cccc4C#N)[nH]c32)cn1. The van der Waals surface area contributed by atoms with Gasteiger partial charge in [-0.25, -0.2) is 4.98 Å². The Morgan fingerprint density at radius 2 is 1.56 bits per heavy atom. The molecular formula is C30H18ClN5. The maximum atomic E-state index is 9.70. The van der Waals surface area contributed by atoms with Gasteiger partial charge in [0.15, 0.2) is 0 Å². The summed E-state index contributed by atoms with van der Waals surface area (Å²) < 4.78 is 0. The minimum Gasteiger partial charge on any atom is -0.337 e. The van der Waals surface area contributed by atoms with Crippen LogP contribution in [0, 0.1) is 29.6 Å². The second-order valence-electron chi connectivity index (χ2n) is 8.82. The van der Waals surface area contributed by atoms with E-state index < -0.39 is 0 Å². The van der Waals surface area contributed by atoms with E-state index in [1.54, 1.807) is 18.2 Å². The van der Waals surface area contributed by atoms with Gasteiger partial charge in [-0.05, 0) is 65.6 Å². The molecule has 0 atom stereocenters. The number of aromatic amines is 1. The van der Waals surface area contributed by atoms with Crippen molar-refractivity contribution >= 4 is 44.2 Å². The van der Waals surface area contributed by atoms with Gasteiger partial charge < -0.3 is 4.98 Å². The summed E-state index contributed by atoms with van der Waals surface area (Å²) >= 11 is 6.43. The molecule has 0 saturated carbocycles. The van der Waals surface area contributed by atoms with E-state index in [-0.39, 0.29) is 0 Å². The number of nitriles is 2. The van der Waals surface area contributed by atoms with Crippen LogP contribution in [0.15, 0.2) is 72.9 Å². The molecule has 170 valence electrons. The number of pyridine rings is 1. The summed E-state index contributed by atoms with van der Waals surface area (Å²) in [5.41, 5.74) is 6.24. The van der Waals surface area contributed by atoms with Gasteiger partial charge in [0.1, 0.15) is 5.82 Å². The van der Waals surface area contributed by atoms with Gasteiger partial charge in [0.25, 0.3) is 0 Å². The molecule has 0 fully saturated rings. The molecule has 0 aliphatic carbocycles. The maximum absolute atomic E-state index is 9.70. The fourth-order valence-electron chi connectivity index (χ4n) is 4.80. The fourth-order valence-corrected chi connectivity index (χ4v) is 4.97. The monoisotopic (exact) mass is 483 g/mol. The van der Waals surface area contributed by atoms with Crippen LogP contribution in [-0.2, 0) is 6.42 Å². The Hall–Kier alpha value is -4.71. The normalized spacial score (nSPS) is 11.1. The van der Waals surface area contributed by atoms with Crippen LogP contribution in [-0.4, -0.2) is 15.0 Å². The molecule has 0 spiro atoms. The number of hydrogen-bond acceptors (Lipinski definition) is 4. The van der Waals surface area contributed by atoms with Gasteiger partial charge in [-0.3, -0.25) is 4.98 Å². The first kappa shape index (κ1) is 21.8. The largest absolute Gasteiger partial charge is 0.337 e. The van der Waals surface area contributed by atoms with Crippen LogP contribution in [0.3, 0.4) is 0 Å². The predicted octanol–water partition coefficient (Wildman–Crippen LogP) is 7.23. The van der Waals surface area contributed by atoms with Crippen molar-refractivity contribution < 1.29 is 0 Å². The van der Waals surface area contributed by atoms with Crippen molar-refractivity contribution in [3.63, 3.8) is 0 Å². The van der Waals surface area contributed by atoms with Crippen LogP contribution in [0.1, 0.15) is 27.9 Å². The lowest BCUT2D eigenvalue weighted by Crippen LogP contribution is -1.91. The number of hydrogen-bond donors (Lipinski definition) is 1. The number of halogens is 1. The summed E-state index contributed by atoms with van der Waals surface area (Å²) in [5.74, 6) is 0.497. The third-order valence-electron chi connectivity index (χ3n) is 6.51. The van der Waals surface area contributed by atoms with Crippen LogP contribution in [0.5, 0.6) is 0 Å². The summed E-state index contributed by atoms with van der Waals surface area (Å²) in [5, 5.41) is 24.0. The van der Waals surface area contributed by atoms with Gasteiger partial charge in [0, 0.05) is 27.7 Å². The number of nitrogens with zero attached hydrogens (tertiary/aromatic N) is 4. The molecule has 0 radical (unpaired) electrons. The van der Waals surface area contributed by atoms with Gasteiger partial charge in [0.05, 0.1) is 39.9 Å². The number of nitrogens with one attached hydrogen (secondary N) is 1. The van der Waals surface area contributed by atoms with Crippen molar-refractivity contribution in [1.29, 1.82) is 10.5 Å². The number of aryl methyl sites for hydroxylation is 1. The molecule has 0 bridgehead atoms. The quantitative estimate of drug-likeness (QED) is 0.269. The highest BCUT2D eigenvalue weighted by Gasteiger charge is 2.18. The lowest BCUT2D eigenvalue weighted by molar-refractivity contribution is 1.11. The van der Waals surface area contributed by atoms with E-state index in [0.717, 1.165) is 55.8 Å². The molecule has 0 aliphatic rings. The summed E-state index contributed by atoms with van der Waals surface area (Å²) in [7, 11) is 0. The molecule has 0 saturated heterocycles. The molecule has 36 heavy (non-hydrogen) atoms. The van der Waals surface area contributed by atoms with Crippen molar-refractivity contribution in [2.75, 3.05) is 0 Å². The van der Waals surface area contributed by atoms with E-state index in [0.29, 0.717) is 27.5 Å². The Bertz CT molecular complexity index is 1870. The molecule has 6 rings (SSSR count). The fraction of sp³-hybridized carbons (Fsp3) is 0.0667. The van der Waals surface area contributed by atoms with Crippen LogP contribution in [0.2, 0.25) is 5.02 Å². The average molecular weight is 484 g/mol. The molecule has 0 amide bonds. The van der Waals surface area contributed by atoms with Gasteiger partial charge in [-0.15, -0.1) is 0 Å². The summed E-state index contributed by atoms with van der Waals surface area (Å²) in [4.78, 5) is 12.8. The third-order valence-corrected chi connectivity index (χ3v) is 6.74. The smallest absolute Gasteiger partial charge is 0.141 e. The third kappa shape index (κ3) is 3.55. The molecule has 0 aliphatic heterocycles. The molecule has 1 N–H and O–H groups in total. The Balaban J connectivity index is 1.63. The molecule has 0 unspecified atom stereocenters. The topological polar surface area (TPSA) is 89.1 Å². The Kier molecular flexibility index (Phi) is 5.15. The first-order chi connectivity index (χ1) is 17.6. The summed E-state index contributed by atoms with van der Waals surface area (Å²) in [6.07, 6.45) is 2.68. The average Bonchev–Trinajstić information content (AvgIpc) is 3.34. The highest BCUT2D eigenvalue weighted by molar-refractivity contribution is 6.33. The second kappa shape index (κ2) is 8.50. The number of imidazole rings is 1.